The lowest BCUT2D eigenvalue weighted by molar-refractivity contribution is -0.142. The Labute approximate surface area is 114 Å². The maximum absolute atomic E-state index is 12.0. The molecule has 0 amide bonds. The number of H-pyrrole nitrogens is 1. The highest BCUT2D eigenvalue weighted by Gasteiger charge is 2.25. The molecule has 0 bridgehead atoms. The monoisotopic (exact) mass is 278 g/mol. The summed E-state index contributed by atoms with van der Waals surface area (Å²) in [5.74, 6) is -1.69. The van der Waals surface area contributed by atoms with E-state index in [1.165, 1.54) is 33.4 Å². The summed E-state index contributed by atoms with van der Waals surface area (Å²) in [5, 5.41) is 10.6. The van der Waals surface area contributed by atoms with Crippen molar-refractivity contribution < 1.29 is 19.4 Å². The summed E-state index contributed by atoms with van der Waals surface area (Å²) >= 11 is 0. The van der Waals surface area contributed by atoms with Gasteiger partial charge in [0.25, 0.3) is 5.56 Å². The molecule has 0 fully saturated rings. The average Bonchev–Trinajstić information content (AvgIpc) is 2.45. The van der Waals surface area contributed by atoms with Crippen LogP contribution in [-0.2, 0) is 9.53 Å². The Kier molecular flexibility index (Phi) is 3.60. The van der Waals surface area contributed by atoms with Crippen LogP contribution in [0.2, 0.25) is 0 Å². The van der Waals surface area contributed by atoms with Crippen LogP contribution in [0.4, 0.5) is 0 Å². The van der Waals surface area contributed by atoms with Gasteiger partial charge in [-0.3, -0.25) is 9.59 Å². The summed E-state index contributed by atoms with van der Waals surface area (Å²) in [6.45, 7) is 1.48. The van der Waals surface area contributed by atoms with Crippen LogP contribution < -0.4 is 10.3 Å². The van der Waals surface area contributed by atoms with Crippen molar-refractivity contribution in [1.29, 1.82) is 0 Å². The van der Waals surface area contributed by atoms with E-state index >= 15 is 0 Å². The number of aromatic amines is 1. The van der Waals surface area contributed by atoms with Gasteiger partial charge < -0.3 is 19.6 Å². The second kappa shape index (κ2) is 5.20. The van der Waals surface area contributed by atoms with Crippen molar-refractivity contribution in [2.45, 2.75) is 12.8 Å². The fourth-order valence-corrected chi connectivity index (χ4v) is 2.06. The number of hydrogen-bond acceptors (Lipinski definition) is 6. The molecule has 7 nitrogen and oxygen atoms in total. The van der Waals surface area contributed by atoms with Crippen LogP contribution in [0, 0.1) is 0 Å². The van der Waals surface area contributed by atoms with Gasteiger partial charge in [0, 0.05) is 6.20 Å². The molecule has 0 saturated carbocycles. The maximum atomic E-state index is 12.0. The van der Waals surface area contributed by atoms with E-state index in [-0.39, 0.29) is 22.6 Å². The number of aromatic hydroxyl groups is 1. The van der Waals surface area contributed by atoms with Gasteiger partial charge in [0.1, 0.15) is 11.1 Å². The van der Waals surface area contributed by atoms with Gasteiger partial charge in [-0.1, -0.05) is 0 Å². The van der Waals surface area contributed by atoms with E-state index in [0.717, 1.165) is 0 Å². The summed E-state index contributed by atoms with van der Waals surface area (Å²) in [6.07, 6.45) is 1.44. The highest BCUT2D eigenvalue weighted by molar-refractivity contribution is 5.92. The number of carbonyl (C=O) groups is 1. The molecule has 2 heterocycles. The predicted molar refractivity (Wildman–Crippen MR) is 71.0 cm³/mol. The molecule has 0 aliphatic carbocycles. The van der Waals surface area contributed by atoms with Crippen molar-refractivity contribution in [2.75, 3.05) is 14.2 Å². The van der Waals surface area contributed by atoms with Gasteiger partial charge in [0.2, 0.25) is 5.88 Å². The minimum atomic E-state index is -0.905. The zero-order valence-corrected chi connectivity index (χ0v) is 11.3. The highest BCUT2D eigenvalue weighted by atomic mass is 16.5. The molecule has 2 aromatic heterocycles. The molecular formula is C13H14N2O5. The molecule has 106 valence electrons. The summed E-state index contributed by atoms with van der Waals surface area (Å²) in [5.41, 5.74) is -0.253. The number of fused-ring (bicyclic) bond motifs is 1. The van der Waals surface area contributed by atoms with Crippen LogP contribution in [0.1, 0.15) is 18.4 Å². The van der Waals surface area contributed by atoms with Gasteiger partial charge in [-0.2, -0.15) is 0 Å². The molecule has 20 heavy (non-hydrogen) atoms. The van der Waals surface area contributed by atoms with E-state index in [0.29, 0.717) is 5.52 Å². The van der Waals surface area contributed by atoms with Crippen LogP contribution >= 0.6 is 0 Å². The Hall–Kier alpha value is -2.57. The first kappa shape index (κ1) is 13.9. The molecule has 0 radical (unpaired) electrons. The first-order valence-corrected chi connectivity index (χ1v) is 5.87. The Morgan fingerprint density at radius 3 is 2.75 bits per heavy atom. The Balaban J connectivity index is 2.80. The van der Waals surface area contributed by atoms with E-state index in [1.807, 2.05) is 0 Å². The second-order valence-corrected chi connectivity index (χ2v) is 4.20. The predicted octanol–water partition coefficient (Wildman–Crippen LogP) is 0.914. The molecule has 2 rings (SSSR count). The van der Waals surface area contributed by atoms with Crippen LogP contribution in [0.15, 0.2) is 17.1 Å². The van der Waals surface area contributed by atoms with Crippen molar-refractivity contribution in [3.05, 3.63) is 28.2 Å². The normalized spacial score (nSPS) is 12.2. The molecule has 1 atom stereocenters. The molecule has 7 heteroatoms. The smallest absolute Gasteiger partial charge is 0.313 e. The summed E-state index contributed by atoms with van der Waals surface area (Å²) in [4.78, 5) is 30.2. The summed E-state index contributed by atoms with van der Waals surface area (Å²) in [6, 6.07) is 1.53. The lowest BCUT2D eigenvalue weighted by Gasteiger charge is -2.13. The van der Waals surface area contributed by atoms with Gasteiger partial charge in [-0.15, -0.1) is 0 Å². The quantitative estimate of drug-likeness (QED) is 0.809. The van der Waals surface area contributed by atoms with Crippen molar-refractivity contribution in [2.24, 2.45) is 0 Å². The van der Waals surface area contributed by atoms with Crippen LogP contribution in [0.3, 0.4) is 0 Å². The largest absolute Gasteiger partial charge is 0.507 e. The molecule has 0 aliphatic heterocycles. The molecule has 1 unspecified atom stereocenters. The van der Waals surface area contributed by atoms with Crippen LogP contribution in [-0.4, -0.2) is 35.3 Å². The highest BCUT2D eigenvalue weighted by Crippen LogP contribution is 2.34. The van der Waals surface area contributed by atoms with Gasteiger partial charge in [0.15, 0.2) is 0 Å². The van der Waals surface area contributed by atoms with E-state index in [4.69, 9.17) is 4.74 Å². The fraction of sp³-hybridized carbons (Fsp3) is 0.308. The van der Waals surface area contributed by atoms with Crippen molar-refractivity contribution >= 4 is 16.9 Å². The number of hydrogen-bond donors (Lipinski definition) is 2. The number of pyridine rings is 2. The lowest BCUT2D eigenvalue weighted by atomic mass is 10.00. The minimum absolute atomic E-state index is 0.0735. The standard InChI is InChI=1S/C13H14N2O5/c1-6(13(18)20-3)8-10(16)9-7(15-11(8)17)4-5-14-12(9)19-2/h4-6H,1-3H3,(H2,15,16,17). The maximum Gasteiger partial charge on any atom is 0.313 e. The van der Waals surface area contributed by atoms with Crippen molar-refractivity contribution in [1.82, 2.24) is 9.97 Å². The van der Waals surface area contributed by atoms with E-state index < -0.39 is 17.4 Å². The second-order valence-electron chi connectivity index (χ2n) is 4.20. The van der Waals surface area contributed by atoms with Gasteiger partial charge in [-0.05, 0) is 13.0 Å². The first-order chi connectivity index (χ1) is 9.51. The summed E-state index contributed by atoms with van der Waals surface area (Å²) < 4.78 is 9.66. The molecular weight excluding hydrogens is 264 g/mol. The Morgan fingerprint density at radius 1 is 1.45 bits per heavy atom. The number of nitrogens with zero attached hydrogens (tertiary/aromatic N) is 1. The topological polar surface area (TPSA) is 102 Å². The third kappa shape index (κ3) is 2.07. The Bertz CT molecular complexity index is 723. The number of methoxy groups -OCH3 is 2. The number of esters is 1. The molecule has 0 aliphatic rings. The zero-order chi connectivity index (χ0) is 14.9. The molecule has 0 saturated heterocycles. The number of carbonyl (C=O) groups excluding carboxylic acids is 1. The van der Waals surface area contributed by atoms with E-state index in [2.05, 4.69) is 14.7 Å². The third-order valence-corrected chi connectivity index (χ3v) is 3.08. The van der Waals surface area contributed by atoms with Gasteiger partial charge in [0.05, 0.1) is 31.2 Å². The Morgan fingerprint density at radius 2 is 2.15 bits per heavy atom. The molecule has 2 aromatic rings. The number of aromatic nitrogens is 2. The minimum Gasteiger partial charge on any atom is -0.507 e. The molecule has 2 N–H and O–H groups in total. The zero-order valence-electron chi connectivity index (χ0n) is 11.3. The van der Waals surface area contributed by atoms with E-state index in [9.17, 15) is 14.7 Å². The van der Waals surface area contributed by atoms with E-state index in [1.54, 1.807) is 0 Å². The van der Waals surface area contributed by atoms with Crippen molar-refractivity contribution in [3.8, 4) is 11.6 Å². The first-order valence-electron chi connectivity index (χ1n) is 5.87. The molecule has 0 spiro atoms. The number of ether oxygens (including phenoxy) is 2. The molecule has 0 aromatic carbocycles. The average molecular weight is 278 g/mol. The van der Waals surface area contributed by atoms with Crippen LogP contribution in [0.5, 0.6) is 11.6 Å². The lowest BCUT2D eigenvalue weighted by Crippen LogP contribution is -2.21. The van der Waals surface area contributed by atoms with Crippen LogP contribution in [0.25, 0.3) is 10.9 Å². The van der Waals surface area contributed by atoms with Gasteiger partial charge in [-0.25, -0.2) is 4.98 Å². The fourth-order valence-electron chi connectivity index (χ4n) is 2.06. The van der Waals surface area contributed by atoms with Crippen molar-refractivity contribution in [3.63, 3.8) is 0 Å². The number of rotatable bonds is 3. The van der Waals surface area contributed by atoms with Gasteiger partial charge >= 0.3 is 5.97 Å². The third-order valence-electron chi connectivity index (χ3n) is 3.08. The SMILES string of the molecule is COC(=O)C(C)c1c(O)c2c(OC)nccc2[nH]c1=O. The summed E-state index contributed by atoms with van der Waals surface area (Å²) in [7, 11) is 2.61. The number of nitrogens with one attached hydrogen (secondary N) is 1.